The average molecular weight is 82.2 g/mol. The Morgan fingerprint density at radius 2 is 2.20 bits per heavy atom. The van der Waals surface area contributed by atoms with E-state index in [2.05, 4.69) is 0 Å². The minimum absolute atomic E-state index is 2.23. The third kappa shape index (κ3) is 4.00. The van der Waals surface area contributed by atoms with E-state index in [0.29, 0.717) is 0 Å². The van der Waals surface area contributed by atoms with Crippen molar-refractivity contribution in [1.82, 2.24) is 0 Å². The minimum Gasteiger partial charge on any atom is -0.0654 e. The zero-order valence-corrected chi connectivity index (χ0v) is 2.65. The van der Waals surface area contributed by atoms with Crippen molar-refractivity contribution in [2.45, 2.75) is 32.9 Å². The van der Waals surface area contributed by atoms with E-state index >= 15 is 0 Å². The van der Waals surface area contributed by atoms with Crippen molar-refractivity contribution in [2.75, 3.05) is 0 Å². The molecule has 0 atom stereocenters. The van der Waals surface area contributed by atoms with Crippen LogP contribution in [0, 0.1) is 0 Å². The Hall–Kier alpha value is 0. The van der Waals surface area contributed by atoms with Crippen molar-refractivity contribution in [3.8, 4) is 0 Å². The van der Waals surface area contributed by atoms with E-state index in [9.17, 15) is 0 Å². The summed E-state index contributed by atoms with van der Waals surface area (Å²) in [4.78, 5) is 0. The molecule has 0 unspecified atom stereocenters. The highest BCUT2D eigenvalue weighted by atomic mass is 13.7. The molecule has 0 heterocycles. The van der Waals surface area contributed by atoms with Crippen molar-refractivity contribution in [2.24, 2.45) is 0 Å². The molecule has 0 aromatic carbocycles. The Bertz CT molecular complexity index is 196. The van der Waals surface area contributed by atoms with Crippen LogP contribution in [0.5, 0.6) is 0 Å². The summed E-state index contributed by atoms with van der Waals surface area (Å²) in [5.41, 5.74) is 0. The van der Waals surface area contributed by atoms with Crippen LogP contribution in [-0.2, 0) is 0 Å². The summed E-state index contributed by atoms with van der Waals surface area (Å²) < 4.78 is 70.3. The third-order valence-corrected chi connectivity index (χ3v) is 0.144. The fourth-order valence-electron chi connectivity index (χ4n) is 0.0417. The van der Waals surface area contributed by atoms with Gasteiger partial charge in [0.1, 0.15) is 0 Å². The lowest BCUT2D eigenvalue weighted by molar-refractivity contribution is 0.772. The van der Waals surface area contributed by atoms with Crippen molar-refractivity contribution >= 4 is 0 Å². The number of hydrogen-bond donors (Lipinski definition) is 0. The molecule has 0 aliphatic rings. The van der Waals surface area contributed by atoms with Crippen LogP contribution in [0.25, 0.3) is 0 Å². The van der Waals surface area contributed by atoms with Gasteiger partial charge in [-0.2, -0.15) is 0 Å². The van der Waals surface area contributed by atoms with Gasteiger partial charge in [0.05, 0.1) is 0 Å². The summed E-state index contributed by atoms with van der Waals surface area (Å²) in [5, 5.41) is 0. The SMILES string of the molecule is [2H]C([2H])C([2H])([2H])C([2H])([2H])C([2H])([2H])C([2H])[2H]. The summed E-state index contributed by atoms with van der Waals surface area (Å²) in [5.74, 6) is 0. The molecule has 0 bridgehead atoms. The van der Waals surface area contributed by atoms with Gasteiger partial charge in [-0.1, -0.05) is 32.9 Å². The molecule has 0 aliphatic carbocycles. The largest absolute Gasteiger partial charge is 0.0654 e. The average Bonchev–Trinajstić information content (AvgIpc) is 2.02. The second-order valence-electron chi connectivity index (χ2n) is 0.414. The van der Waals surface area contributed by atoms with Crippen LogP contribution < -0.4 is 0 Å². The Labute approximate surface area is 48.2 Å². The minimum atomic E-state index is -3.25. The molecule has 0 amide bonds. The van der Waals surface area contributed by atoms with Crippen LogP contribution in [0.1, 0.15) is 46.6 Å². The van der Waals surface area contributed by atoms with Gasteiger partial charge in [-0.05, 0) is 0 Å². The lowest BCUT2D eigenvalue weighted by Crippen LogP contribution is -1.59. The maximum absolute atomic E-state index is 7.23. The van der Waals surface area contributed by atoms with Crippen molar-refractivity contribution in [1.29, 1.82) is 0 Å². The molecule has 0 rings (SSSR count). The van der Waals surface area contributed by atoms with Gasteiger partial charge in [-0.15, -0.1) is 0 Å². The molecule has 0 saturated carbocycles. The second kappa shape index (κ2) is 4.00. The highest BCUT2D eigenvalue weighted by Crippen LogP contribution is 1.88. The summed E-state index contributed by atoms with van der Waals surface area (Å²) in [7, 11) is 0. The van der Waals surface area contributed by atoms with Crippen molar-refractivity contribution < 1.29 is 13.7 Å². The standard InChI is InChI=1S/C5H12/c1-3-5-4-2/h3-5H2,1-2H3/i1D2,2D2,3D2,4D2,5D2. The smallest absolute Gasteiger partial charge is 0.0266 e. The van der Waals surface area contributed by atoms with E-state index in [4.69, 9.17) is 13.7 Å². The first-order valence-corrected chi connectivity index (χ1v) is 1.08. The molecule has 0 aromatic rings. The van der Waals surface area contributed by atoms with Crippen LogP contribution >= 0.6 is 0 Å². The van der Waals surface area contributed by atoms with Crippen molar-refractivity contribution in [3.05, 3.63) is 0 Å². The summed E-state index contributed by atoms with van der Waals surface area (Å²) >= 11 is 0. The molecule has 0 saturated heterocycles. The first kappa shape index (κ1) is 0.408. The van der Waals surface area contributed by atoms with Crippen LogP contribution in [0.3, 0.4) is 0 Å². The first-order valence-electron chi connectivity index (χ1n) is 6.39. The molecule has 0 fully saturated rings. The lowest BCUT2D eigenvalue weighted by Gasteiger charge is -1.79. The Morgan fingerprint density at radius 1 is 1.60 bits per heavy atom. The molecule has 0 N–H and O–H groups in total. The zero-order chi connectivity index (χ0) is 12.7. The van der Waals surface area contributed by atoms with Gasteiger partial charge in [-0.3, -0.25) is 0 Å². The predicted octanol–water partition coefficient (Wildman–Crippen LogP) is 2.20. The Morgan fingerprint density at radius 3 is 2.60 bits per heavy atom. The molecule has 32 valence electrons. The van der Waals surface area contributed by atoms with E-state index < -0.39 is 32.9 Å². The first-order chi connectivity index (χ1) is 6.39. The molecular formula is C5H12. The summed E-state index contributed by atoms with van der Waals surface area (Å²) in [6.45, 7) is -4.47. The van der Waals surface area contributed by atoms with Crippen LogP contribution in [0.2, 0.25) is 0 Å². The van der Waals surface area contributed by atoms with Crippen LogP contribution in [0.15, 0.2) is 0 Å². The number of hydrogen-bond acceptors (Lipinski definition) is 0. The molecular weight excluding hydrogens is 60.1 g/mol. The zero-order valence-electron chi connectivity index (χ0n) is 12.7. The molecule has 0 heteroatoms. The quantitative estimate of drug-likeness (QED) is 0.479. The highest BCUT2D eigenvalue weighted by Gasteiger charge is 1.68. The van der Waals surface area contributed by atoms with Crippen molar-refractivity contribution in [3.63, 3.8) is 0 Å². The maximum atomic E-state index is 7.23. The maximum Gasteiger partial charge on any atom is 0.0266 e. The van der Waals surface area contributed by atoms with Gasteiger partial charge in [0, 0.05) is 13.7 Å². The predicted molar refractivity (Wildman–Crippen MR) is 25.2 cm³/mol. The van der Waals surface area contributed by atoms with Gasteiger partial charge in [0.2, 0.25) is 0 Å². The summed E-state index contributed by atoms with van der Waals surface area (Å²) in [6.07, 6.45) is -9.42. The van der Waals surface area contributed by atoms with Crippen LogP contribution in [-0.4, -0.2) is 0 Å². The van der Waals surface area contributed by atoms with E-state index in [1.165, 1.54) is 0 Å². The molecule has 0 radical (unpaired) electrons. The van der Waals surface area contributed by atoms with Crippen LogP contribution in [0.4, 0.5) is 0 Å². The molecule has 0 aromatic heterocycles. The normalized spacial score (nSPS) is 47.6. The lowest BCUT2D eigenvalue weighted by atomic mass is 10.3. The molecule has 0 nitrogen and oxygen atoms in total. The molecule has 0 spiro atoms. The van der Waals surface area contributed by atoms with Gasteiger partial charge >= 0.3 is 0 Å². The summed E-state index contributed by atoms with van der Waals surface area (Å²) in [6, 6.07) is 0. The van der Waals surface area contributed by atoms with E-state index in [0.717, 1.165) is 0 Å². The highest BCUT2D eigenvalue weighted by molar-refractivity contribution is 4.24. The molecule has 0 aliphatic heterocycles. The fraction of sp³-hybridized carbons (Fsp3) is 1.00. The van der Waals surface area contributed by atoms with Gasteiger partial charge in [0.25, 0.3) is 0 Å². The van der Waals surface area contributed by atoms with E-state index in [1.807, 2.05) is 0 Å². The number of rotatable bonds is 2. The third-order valence-electron chi connectivity index (χ3n) is 0.144. The molecule has 5 heavy (non-hydrogen) atoms. The second-order valence-corrected chi connectivity index (χ2v) is 0.414. The van der Waals surface area contributed by atoms with Gasteiger partial charge < -0.3 is 0 Å². The Balaban J connectivity index is 5.30. The van der Waals surface area contributed by atoms with Gasteiger partial charge in [-0.25, -0.2) is 0 Å². The van der Waals surface area contributed by atoms with Gasteiger partial charge in [0.15, 0.2) is 0 Å². The monoisotopic (exact) mass is 82.2 g/mol. The Kier molecular flexibility index (Phi) is 0.327. The van der Waals surface area contributed by atoms with E-state index in [-0.39, 0.29) is 0 Å². The van der Waals surface area contributed by atoms with E-state index in [1.54, 1.807) is 0 Å². The topological polar surface area (TPSA) is 0 Å². The fourth-order valence-corrected chi connectivity index (χ4v) is 0.0417.